The van der Waals surface area contributed by atoms with E-state index in [1.807, 2.05) is 33.0 Å². The Hall–Kier alpha value is -2.49. The molecule has 0 unspecified atom stereocenters. The van der Waals surface area contributed by atoms with E-state index in [9.17, 15) is 4.79 Å². The van der Waals surface area contributed by atoms with Gasteiger partial charge >= 0.3 is 0 Å². The number of ether oxygens (including phenoxy) is 1. The van der Waals surface area contributed by atoms with Crippen molar-refractivity contribution in [1.29, 1.82) is 0 Å². The first-order valence-electron chi connectivity index (χ1n) is 11.7. The number of ketones is 1. The Labute approximate surface area is 186 Å². The Bertz CT molecular complexity index is 1010. The summed E-state index contributed by atoms with van der Waals surface area (Å²) in [5, 5.41) is 0. The predicted molar refractivity (Wildman–Crippen MR) is 125 cm³/mol. The number of benzene rings is 1. The van der Waals surface area contributed by atoms with Crippen LogP contribution in [0.25, 0.3) is 16.8 Å². The number of carbonyl (C=O) groups excluding carboxylic acids is 1. The molecular formula is C27H34N2O2. The van der Waals surface area contributed by atoms with Crippen molar-refractivity contribution in [2.45, 2.75) is 85.2 Å². The molecule has 2 aliphatic rings. The molecule has 0 N–H and O–H groups in total. The third kappa shape index (κ3) is 4.73. The Balaban J connectivity index is 1.77. The number of nitrogens with zero attached hydrogens (tertiary/aromatic N) is 2. The molecule has 0 atom stereocenters. The monoisotopic (exact) mass is 418 g/mol. The van der Waals surface area contributed by atoms with E-state index < -0.39 is 5.41 Å². The highest BCUT2D eigenvalue weighted by molar-refractivity contribution is 6.23. The second-order valence-corrected chi connectivity index (χ2v) is 10.2. The summed E-state index contributed by atoms with van der Waals surface area (Å²) in [6.45, 7) is 9.98. The highest BCUT2D eigenvalue weighted by atomic mass is 16.5. The maximum Gasteiger partial charge on any atom is 0.170 e. The van der Waals surface area contributed by atoms with Gasteiger partial charge in [-0.1, -0.05) is 39.7 Å². The van der Waals surface area contributed by atoms with Crippen LogP contribution in [0.3, 0.4) is 0 Å². The van der Waals surface area contributed by atoms with E-state index in [1.54, 1.807) is 0 Å². The van der Waals surface area contributed by atoms with E-state index in [1.165, 1.54) is 31.2 Å². The molecule has 4 rings (SSSR count). The summed E-state index contributed by atoms with van der Waals surface area (Å²) < 4.78 is 6.08. The number of Topliss-reactive ketones (excluding diaryl/α,β-unsaturated/α-hetero) is 1. The molecule has 164 valence electrons. The number of fused-ring (bicyclic) bond motifs is 1. The van der Waals surface area contributed by atoms with Gasteiger partial charge in [-0.25, -0.2) is 4.98 Å². The maximum atomic E-state index is 13.1. The predicted octanol–water partition coefficient (Wildman–Crippen LogP) is 6.53. The first-order chi connectivity index (χ1) is 14.7. The normalized spacial score (nSPS) is 16.9. The summed E-state index contributed by atoms with van der Waals surface area (Å²) in [4.78, 5) is 22.8. The van der Waals surface area contributed by atoms with Gasteiger partial charge in [0.2, 0.25) is 0 Å². The molecule has 0 radical (unpaired) electrons. The first-order valence-corrected chi connectivity index (χ1v) is 11.7. The smallest absolute Gasteiger partial charge is 0.170 e. The molecule has 1 aromatic heterocycles. The number of aryl methyl sites for hydroxylation is 1. The number of allylic oxidation sites excluding steroid dienone is 2. The first kappa shape index (κ1) is 21.7. The molecule has 1 saturated carbocycles. The standard InChI is InChI=1S/C27H34N2O2/c1-17(2)31-21-14-19(18-9-6-7-10-18)13-20(15-21)24-16-28-23-12-8-11-22(25(23)29-24)26(30)27(3,4)5/h11,13-18H,6-10,12H2,1-5H3. The van der Waals surface area contributed by atoms with Gasteiger partial charge < -0.3 is 4.74 Å². The molecule has 0 amide bonds. The van der Waals surface area contributed by atoms with E-state index >= 15 is 0 Å². The SMILES string of the molecule is CC(C)Oc1cc(-c2cnc3c(n2)C(C(=O)C(C)(C)C)=CCC3)cc(C2CCCC2)c1. The van der Waals surface area contributed by atoms with Crippen molar-refractivity contribution in [3.63, 3.8) is 0 Å². The summed E-state index contributed by atoms with van der Waals surface area (Å²) in [6.07, 6.45) is 10.7. The van der Waals surface area contributed by atoms with Crippen LogP contribution < -0.4 is 4.74 Å². The van der Waals surface area contributed by atoms with Crippen LogP contribution in [0, 0.1) is 5.41 Å². The van der Waals surface area contributed by atoms with Gasteiger partial charge in [-0.3, -0.25) is 9.78 Å². The fraction of sp³-hybridized carbons (Fsp3) is 0.519. The molecule has 0 saturated heterocycles. The van der Waals surface area contributed by atoms with Gasteiger partial charge in [-0.15, -0.1) is 0 Å². The van der Waals surface area contributed by atoms with Crippen LogP contribution in [0.5, 0.6) is 5.75 Å². The molecule has 0 aliphatic heterocycles. The van der Waals surface area contributed by atoms with Crippen molar-refractivity contribution in [2.75, 3.05) is 0 Å². The summed E-state index contributed by atoms with van der Waals surface area (Å²) in [7, 11) is 0. The van der Waals surface area contributed by atoms with Crippen LogP contribution in [-0.4, -0.2) is 21.9 Å². The average molecular weight is 419 g/mol. The van der Waals surface area contributed by atoms with E-state index in [0.29, 0.717) is 11.5 Å². The van der Waals surface area contributed by atoms with Crippen LogP contribution in [0.4, 0.5) is 0 Å². The molecule has 1 aromatic carbocycles. The fourth-order valence-electron chi connectivity index (χ4n) is 4.61. The maximum absolute atomic E-state index is 13.1. The molecule has 2 aliphatic carbocycles. The summed E-state index contributed by atoms with van der Waals surface area (Å²) in [5.74, 6) is 1.59. The van der Waals surface area contributed by atoms with E-state index in [4.69, 9.17) is 14.7 Å². The third-order valence-electron chi connectivity index (χ3n) is 6.18. The fourth-order valence-corrected chi connectivity index (χ4v) is 4.61. The molecular weight excluding hydrogens is 384 g/mol. The Kier molecular flexibility index (Phi) is 6.00. The number of rotatable bonds is 5. The highest BCUT2D eigenvalue weighted by Crippen LogP contribution is 2.38. The second-order valence-electron chi connectivity index (χ2n) is 10.2. The van der Waals surface area contributed by atoms with Gasteiger partial charge in [-0.2, -0.15) is 0 Å². The lowest BCUT2D eigenvalue weighted by Crippen LogP contribution is -2.24. The van der Waals surface area contributed by atoms with Gasteiger partial charge in [-0.05, 0) is 69.2 Å². The zero-order valence-electron chi connectivity index (χ0n) is 19.5. The molecule has 1 fully saturated rings. The molecule has 4 heteroatoms. The van der Waals surface area contributed by atoms with Crippen molar-refractivity contribution < 1.29 is 9.53 Å². The lowest BCUT2D eigenvalue weighted by molar-refractivity contribution is -0.120. The molecule has 2 aromatic rings. The quantitative estimate of drug-likeness (QED) is 0.554. The van der Waals surface area contributed by atoms with Crippen LogP contribution in [0.2, 0.25) is 0 Å². The minimum atomic E-state index is -0.446. The van der Waals surface area contributed by atoms with Crippen molar-refractivity contribution in [3.8, 4) is 17.0 Å². The minimum Gasteiger partial charge on any atom is -0.491 e. The second kappa shape index (κ2) is 8.57. The topological polar surface area (TPSA) is 52.1 Å². The zero-order chi connectivity index (χ0) is 22.2. The van der Waals surface area contributed by atoms with Crippen LogP contribution in [-0.2, 0) is 11.2 Å². The van der Waals surface area contributed by atoms with Crippen LogP contribution in [0.15, 0.2) is 30.5 Å². The Morgan fingerprint density at radius 2 is 1.87 bits per heavy atom. The summed E-state index contributed by atoms with van der Waals surface area (Å²) in [6, 6.07) is 6.50. The largest absolute Gasteiger partial charge is 0.491 e. The minimum absolute atomic E-state index is 0.111. The van der Waals surface area contributed by atoms with E-state index in [-0.39, 0.29) is 11.9 Å². The number of carbonyl (C=O) groups is 1. The van der Waals surface area contributed by atoms with Crippen LogP contribution >= 0.6 is 0 Å². The lowest BCUT2D eigenvalue weighted by Gasteiger charge is -2.23. The third-order valence-corrected chi connectivity index (χ3v) is 6.18. The van der Waals surface area contributed by atoms with Gasteiger partial charge in [0.05, 0.1) is 29.4 Å². The van der Waals surface area contributed by atoms with Crippen molar-refractivity contribution in [1.82, 2.24) is 9.97 Å². The average Bonchev–Trinajstić information content (AvgIpc) is 3.26. The van der Waals surface area contributed by atoms with Crippen LogP contribution in [0.1, 0.15) is 89.6 Å². The highest BCUT2D eigenvalue weighted by Gasteiger charge is 2.30. The number of hydrogen-bond donors (Lipinski definition) is 0. The number of hydrogen-bond acceptors (Lipinski definition) is 4. The lowest BCUT2D eigenvalue weighted by atomic mass is 9.82. The van der Waals surface area contributed by atoms with Gasteiger partial charge in [0, 0.05) is 16.6 Å². The molecule has 31 heavy (non-hydrogen) atoms. The van der Waals surface area contributed by atoms with Crippen molar-refractivity contribution in [2.24, 2.45) is 5.41 Å². The number of aromatic nitrogens is 2. The Morgan fingerprint density at radius 3 is 2.55 bits per heavy atom. The summed E-state index contributed by atoms with van der Waals surface area (Å²) >= 11 is 0. The van der Waals surface area contributed by atoms with E-state index in [2.05, 4.69) is 32.0 Å². The van der Waals surface area contributed by atoms with Gasteiger partial charge in [0.15, 0.2) is 5.78 Å². The van der Waals surface area contributed by atoms with Gasteiger partial charge in [0.1, 0.15) is 5.75 Å². The Morgan fingerprint density at radius 1 is 1.13 bits per heavy atom. The van der Waals surface area contributed by atoms with Crippen molar-refractivity contribution >= 4 is 11.4 Å². The van der Waals surface area contributed by atoms with Crippen molar-refractivity contribution in [3.05, 3.63) is 47.4 Å². The molecule has 0 spiro atoms. The van der Waals surface area contributed by atoms with Gasteiger partial charge in [0.25, 0.3) is 0 Å². The molecule has 0 bridgehead atoms. The molecule has 4 nitrogen and oxygen atoms in total. The molecule has 1 heterocycles. The zero-order valence-corrected chi connectivity index (χ0v) is 19.5. The van der Waals surface area contributed by atoms with E-state index in [0.717, 1.165) is 41.2 Å². The summed E-state index contributed by atoms with van der Waals surface area (Å²) in [5.41, 5.74) is 5.09.